The van der Waals surface area contributed by atoms with Gasteiger partial charge in [-0.3, -0.25) is 10.2 Å². The van der Waals surface area contributed by atoms with Gasteiger partial charge >= 0.3 is 6.18 Å². The second-order valence-electron chi connectivity index (χ2n) is 2.67. The smallest absolute Gasteiger partial charge is 0.290 e. The number of hydrogen-bond acceptors (Lipinski definition) is 2. The molecule has 0 unspecified atom stereocenters. The molecule has 0 radical (unpaired) electrons. The van der Waals surface area contributed by atoms with Crippen LogP contribution in [0.15, 0.2) is 18.2 Å². The summed E-state index contributed by atoms with van der Waals surface area (Å²) in [5.74, 6) is 3.92. The molecular formula is C8H6ClF3N2O. The van der Waals surface area contributed by atoms with E-state index in [1.165, 1.54) is 0 Å². The van der Waals surface area contributed by atoms with Crippen molar-refractivity contribution < 1.29 is 18.0 Å². The van der Waals surface area contributed by atoms with Gasteiger partial charge in [-0.25, -0.2) is 5.84 Å². The lowest BCUT2D eigenvalue weighted by molar-refractivity contribution is -0.137. The normalized spacial score (nSPS) is 11.3. The maximum Gasteiger partial charge on any atom is 0.416 e. The average Bonchev–Trinajstić information content (AvgIpc) is 2.15. The van der Waals surface area contributed by atoms with Crippen LogP contribution in [-0.4, -0.2) is 5.91 Å². The molecule has 0 aliphatic carbocycles. The Balaban J connectivity index is 3.23. The van der Waals surface area contributed by atoms with Crippen molar-refractivity contribution in [3.8, 4) is 0 Å². The van der Waals surface area contributed by atoms with Crippen LogP contribution in [0, 0.1) is 0 Å². The number of nitrogens with two attached hydrogens (primary N) is 1. The molecule has 15 heavy (non-hydrogen) atoms. The molecule has 0 aliphatic heterocycles. The van der Waals surface area contributed by atoms with E-state index in [-0.39, 0.29) is 10.6 Å². The van der Waals surface area contributed by atoms with Gasteiger partial charge in [0.1, 0.15) is 0 Å². The van der Waals surface area contributed by atoms with Crippen molar-refractivity contribution in [1.29, 1.82) is 0 Å². The lowest BCUT2D eigenvalue weighted by atomic mass is 10.1. The van der Waals surface area contributed by atoms with E-state index < -0.39 is 17.6 Å². The molecule has 3 N–H and O–H groups in total. The fourth-order valence-electron chi connectivity index (χ4n) is 0.953. The first kappa shape index (κ1) is 11.8. The van der Waals surface area contributed by atoms with Crippen LogP contribution >= 0.6 is 11.6 Å². The highest BCUT2D eigenvalue weighted by atomic mass is 35.5. The summed E-state index contributed by atoms with van der Waals surface area (Å²) in [6.07, 6.45) is -4.52. The minimum Gasteiger partial charge on any atom is -0.290 e. The molecule has 0 atom stereocenters. The molecule has 1 amide bonds. The Morgan fingerprint density at radius 1 is 1.40 bits per heavy atom. The number of nitrogen functional groups attached to an aromatic ring is 1. The Hall–Kier alpha value is -1.27. The molecule has 0 fully saturated rings. The van der Waals surface area contributed by atoms with E-state index in [9.17, 15) is 18.0 Å². The highest BCUT2D eigenvalue weighted by molar-refractivity contribution is 6.33. The van der Waals surface area contributed by atoms with Gasteiger partial charge in [0.25, 0.3) is 5.91 Å². The van der Waals surface area contributed by atoms with Crippen LogP contribution in [0.5, 0.6) is 0 Å². The predicted octanol–water partition coefficient (Wildman–Crippen LogP) is 1.96. The molecule has 0 saturated carbocycles. The van der Waals surface area contributed by atoms with Crippen LogP contribution in [0.1, 0.15) is 15.9 Å². The molecule has 0 heterocycles. The Kier molecular flexibility index (Phi) is 3.21. The lowest BCUT2D eigenvalue weighted by Gasteiger charge is -2.09. The minimum absolute atomic E-state index is 0.0917. The Morgan fingerprint density at radius 2 is 2.00 bits per heavy atom. The third-order valence-corrected chi connectivity index (χ3v) is 2.00. The fourth-order valence-corrected chi connectivity index (χ4v) is 1.16. The van der Waals surface area contributed by atoms with E-state index in [0.717, 1.165) is 12.1 Å². The number of benzene rings is 1. The topological polar surface area (TPSA) is 55.1 Å². The van der Waals surface area contributed by atoms with Crippen molar-refractivity contribution in [2.45, 2.75) is 6.18 Å². The van der Waals surface area contributed by atoms with E-state index >= 15 is 0 Å². The van der Waals surface area contributed by atoms with Gasteiger partial charge in [0.05, 0.1) is 16.1 Å². The number of amides is 1. The number of carbonyl (C=O) groups excluding carboxylic acids is 1. The zero-order valence-corrected chi connectivity index (χ0v) is 7.99. The van der Waals surface area contributed by atoms with Crippen molar-refractivity contribution in [3.05, 3.63) is 34.3 Å². The second-order valence-corrected chi connectivity index (χ2v) is 3.07. The van der Waals surface area contributed by atoms with Crippen molar-refractivity contribution in [2.24, 2.45) is 5.84 Å². The zero-order chi connectivity index (χ0) is 11.6. The average molecular weight is 239 g/mol. The monoisotopic (exact) mass is 238 g/mol. The summed E-state index contributed by atoms with van der Waals surface area (Å²) >= 11 is 5.54. The van der Waals surface area contributed by atoms with Crippen molar-refractivity contribution in [3.63, 3.8) is 0 Å². The van der Waals surface area contributed by atoms with Crippen molar-refractivity contribution in [1.82, 2.24) is 5.43 Å². The Bertz CT molecular complexity index is 392. The van der Waals surface area contributed by atoms with Crippen LogP contribution in [0.4, 0.5) is 13.2 Å². The largest absolute Gasteiger partial charge is 0.416 e. The maximum absolute atomic E-state index is 12.3. The van der Waals surface area contributed by atoms with E-state index in [0.29, 0.717) is 6.07 Å². The standard InChI is InChI=1S/C8H6ClF3N2O/c9-6-2-1-4(8(10,11)12)3-5(6)7(15)14-13/h1-3H,13H2,(H,14,15). The van der Waals surface area contributed by atoms with Gasteiger partial charge < -0.3 is 0 Å². The SMILES string of the molecule is NNC(=O)c1cc(C(F)(F)F)ccc1Cl. The first-order chi connectivity index (χ1) is 6.86. The van der Waals surface area contributed by atoms with Gasteiger partial charge in [0.15, 0.2) is 0 Å². The highest BCUT2D eigenvalue weighted by Crippen LogP contribution is 2.31. The number of carbonyl (C=O) groups is 1. The molecule has 7 heteroatoms. The molecule has 3 nitrogen and oxygen atoms in total. The number of rotatable bonds is 1. The summed E-state index contributed by atoms with van der Waals surface area (Å²) in [5, 5.41) is -0.0917. The third kappa shape index (κ3) is 2.60. The van der Waals surface area contributed by atoms with E-state index in [1.54, 1.807) is 5.43 Å². The van der Waals surface area contributed by atoms with Gasteiger partial charge in [-0.2, -0.15) is 13.2 Å². The van der Waals surface area contributed by atoms with Gasteiger partial charge in [-0.1, -0.05) is 11.6 Å². The summed E-state index contributed by atoms with van der Waals surface area (Å²) in [5.41, 5.74) is 0.446. The molecule has 1 rings (SSSR count). The van der Waals surface area contributed by atoms with Crippen LogP contribution in [-0.2, 0) is 6.18 Å². The Labute approximate surface area is 88.0 Å². The zero-order valence-electron chi connectivity index (χ0n) is 7.23. The van der Waals surface area contributed by atoms with Crippen LogP contribution in [0.3, 0.4) is 0 Å². The molecule has 0 spiro atoms. The summed E-state index contributed by atoms with van der Waals surface area (Å²) in [6.45, 7) is 0. The molecule has 0 bridgehead atoms. The van der Waals surface area contributed by atoms with Crippen LogP contribution in [0.25, 0.3) is 0 Å². The lowest BCUT2D eigenvalue weighted by Crippen LogP contribution is -2.30. The number of alkyl halides is 3. The van der Waals surface area contributed by atoms with E-state index in [1.807, 2.05) is 0 Å². The molecule has 0 aromatic heterocycles. The fraction of sp³-hybridized carbons (Fsp3) is 0.125. The van der Waals surface area contributed by atoms with Gasteiger partial charge in [0.2, 0.25) is 0 Å². The van der Waals surface area contributed by atoms with E-state index in [4.69, 9.17) is 17.4 Å². The van der Waals surface area contributed by atoms with Crippen molar-refractivity contribution >= 4 is 17.5 Å². The Morgan fingerprint density at radius 3 is 2.47 bits per heavy atom. The highest BCUT2D eigenvalue weighted by Gasteiger charge is 2.31. The number of hydrogen-bond donors (Lipinski definition) is 2. The molecule has 1 aromatic rings. The quantitative estimate of drug-likeness (QED) is 0.446. The summed E-state index contributed by atoms with van der Waals surface area (Å²) in [4.78, 5) is 11.0. The van der Waals surface area contributed by atoms with Gasteiger partial charge in [0, 0.05) is 0 Å². The summed E-state index contributed by atoms with van der Waals surface area (Å²) in [7, 11) is 0. The van der Waals surface area contributed by atoms with Crippen LogP contribution in [0.2, 0.25) is 5.02 Å². The molecule has 82 valence electrons. The first-order valence-electron chi connectivity index (χ1n) is 3.74. The third-order valence-electron chi connectivity index (χ3n) is 1.67. The van der Waals surface area contributed by atoms with Gasteiger partial charge in [-0.05, 0) is 18.2 Å². The number of hydrazine groups is 1. The van der Waals surface area contributed by atoms with E-state index in [2.05, 4.69) is 0 Å². The summed E-state index contributed by atoms with van der Waals surface area (Å²) in [6, 6.07) is 2.43. The van der Waals surface area contributed by atoms with Crippen molar-refractivity contribution in [2.75, 3.05) is 0 Å². The predicted molar refractivity (Wildman–Crippen MR) is 48.1 cm³/mol. The number of halogens is 4. The first-order valence-corrected chi connectivity index (χ1v) is 4.11. The van der Waals surface area contributed by atoms with Gasteiger partial charge in [-0.15, -0.1) is 0 Å². The minimum atomic E-state index is -4.52. The molecule has 0 aliphatic rings. The molecular weight excluding hydrogens is 233 g/mol. The molecule has 1 aromatic carbocycles. The number of nitrogens with one attached hydrogen (secondary N) is 1. The maximum atomic E-state index is 12.3. The molecule has 0 saturated heterocycles. The second kappa shape index (κ2) is 4.08. The van der Waals surface area contributed by atoms with Crippen LogP contribution < -0.4 is 11.3 Å². The summed E-state index contributed by atoms with van der Waals surface area (Å²) < 4.78 is 36.8.